The number of nitrogens with one attached hydrogen (secondary N) is 1. The lowest BCUT2D eigenvalue weighted by Crippen LogP contribution is -2.17. The number of ketones is 2. The zero-order valence-corrected chi connectivity index (χ0v) is 16.0. The topological polar surface area (TPSA) is 127 Å². The number of carbonyl (C=O) groups is 2. The maximum Gasteiger partial charge on any atom is 0.281 e. The standard InChI is InChI=1S/C9H5ClF2N2O.C9H6F2N2O2/c1-4(15)6-2-5(3-13)8(10)14-7(6)9(11)12;1-4(14)6-2-5(3-12)9(15)13-7(6)8(10)11/h2,9H,1H3;2,8H,1H3,(H,13,15). The minimum atomic E-state index is -2.95. The first kappa shape index (κ1) is 24.5. The molecule has 0 radical (unpaired) electrons. The highest BCUT2D eigenvalue weighted by atomic mass is 35.5. The quantitative estimate of drug-likeness (QED) is 0.430. The molecular formula is C18H11ClF4N4O3. The van der Waals surface area contributed by atoms with Gasteiger partial charge in [-0.05, 0) is 26.0 Å². The van der Waals surface area contributed by atoms with Gasteiger partial charge in [-0.3, -0.25) is 14.4 Å². The second-order valence-electron chi connectivity index (χ2n) is 5.54. The number of aromatic nitrogens is 2. The molecule has 0 aliphatic rings. The van der Waals surface area contributed by atoms with Crippen LogP contribution in [-0.4, -0.2) is 21.5 Å². The fourth-order valence-electron chi connectivity index (χ4n) is 2.12. The Bertz CT molecular complexity index is 1130. The summed E-state index contributed by atoms with van der Waals surface area (Å²) in [6.07, 6.45) is -5.85. The summed E-state index contributed by atoms with van der Waals surface area (Å²) < 4.78 is 49.7. The van der Waals surface area contributed by atoms with Gasteiger partial charge >= 0.3 is 0 Å². The number of Topliss-reactive ketones (excluding diaryl/α,β-unsaturated/α-hetero) is 2. The molecule has 0 amide bonds. The zero-order valence-electron chi connectivity index (χ0n) is 15.3. The molecule has 0 atom stereocenters. The number of H-pyrrole nitrogens is 1. The highest BCUT2D eigenvalue weighted by molar-refractivity contribution is 6.30. The summed E-state index contributed by atoms with van der Waals surface area (Å²) in [4.78, 5) is 38.2. The van der Waals surface area contributed by atoms with Crippen molar-refractivity contribution in [2.75, 3.05) is 0 Å². The van der Waals surface area contributed by atoms with Crippen LogP contribution in [0.25, 0.3) is 0 Å². The summed E-state index contributed by atoms with van der Waals surface area (Å²) in [6.45, 7) is 2.21. The van der Waals surface area contributed by atoms with E-state index in [0.29, 0.717) is 0 Å². The van der Waals surface area contributed by atoms with Crippen molar-refractivity contribution in [3.05, 3.63) is 61.3 Å². The van der Waals surface area contributed by atoms with Crippen molar-refractivity contribution in [2.24, 2.45) is 0 Å². The van der Waals surface area contributed by atoms with E-state index in [-0.39, 0.29) is 27.4 Å². The van der Waals surface area contributed by atoms with Gasteiger partial charge in [-0.2, -0.15) is 10.5 Å². The van der Waals surface area contributed by atoms with Gasteiger partial charge in [0.05, 0.1) is 11.3 Å². The summed E-state index contributed by atoms with van der Waals surface area (Å²) in [5.74, 6) is -1.20. The number of halogens is 5. The van der Waals surface area contributed by atoms with E-state index in [0.717, 1.165) is 26.0 Å². The van der Waals surface area contributed by atoms with Crippen molar-refractivity contribution in [2.45, 2.75) is 26.7 Å². The number of rotatable bonds is 4. The van der Waals surface area contributed by atoms with Crippen LogP contribution in [0.1, 0.15) is 69.9 Å². The lowest BCUT2D eigenvalue weighted by Gasteiger charge is -2.06. The first-order valence-electron chi connectivity index (χ1n) is 7.80. The third-order valence-corrected chi connectivity index (χ3v) is 3.79. The molecular weight excluding hydrogens is 432 g/mol. The lowest BCUT2D eigenvalue weighted by atomic mass is 10.1. The van der Waals surface area contributed by atoms with Crippen molar-refractivity contribution in [3.63, 3.8) is 0 Å². The van der Waals surface area contributed by atoms with Crippen LogP contribution >= 0.6 is 11.6 Å². The Hall–Kier alpha value is -3.57. The minimum Gasteiger partial charge on any atom is -0.319 e. The molecule has 1 N–H and O–H groups in total. The van der Waals surface area contributed by atoms with Crippen LogP contribution in [0.2, 0.25) is 5.15 Å². The van der Waals surface area contributed by atoms with Gasteiger partial charge in [0.15, 0.2) is 11.6 Å². The summed E-state index contributed by atoms with van der Waals surface area (Å²) in [5, 5.41) is 16.7. The lowest BCUT2D eigenvalue weighted by molar-refractivity contribution is 0.0989. The van der Waals surface area contributed by atoms with Gasteiger partial charge in [-0.1, -0.05) is 11.6 Å². The van der Waals surface area contributed by atoms with E-state index >= 15 is 0 Å². The molecule has 2 aromatic heterocycles. The third-order valence-electron chi connectivity index (χ3n) is 3.50. The highest BCUT2D eigenvalue weighted by Crippen LogP contribution is 2.25. The Kier molecular flexibility index (Phi) is 8.38. The second kappa shape index (κ2) is 10.3. The summed E-state index contributed by atoms with van der Waals surface area (Å²) >= 11 is 5.47. The van der Waals surface area contributed by atoms with Crippen LogP contribution in [0, 0.1) is 22.7 Å². The fraction of sp³-hybridized carbons (Fsp3) is 0.222. The maximum absolute atomic E-state index is 12.4. The summed E-state index contributed by atoms with van der Waals surface area (Å²) in [6, 6.07) is 5.09. The van der Waals surface area contributed by atoms with Crippen molar-refractivity contribution in [3.8, 4) is 12.1 Å². The molecule has 2 heterocycles. The second-order valence-corrected chi connectivity index (χ2v) is 5.89. The molecule has 0 aromatic carbocycles. The molecule has 12 heteroatoms. The van der Waals surface area contributed by atoms with E-state index in [9.17, 15) is 31.9 Å². The Morgan fingerprint density at radius 2 is 1.50 bits per heavy atom. The maximum atomic E-state index is 12.4. The first-order valence-corrected chi connectivity index (χ1v) is 8.18. The number of nitrogens with zero attached hydrogens (tertiary/aromatic N) is 3. The predicted molar refractivity (Wildman–Crippen MR) is 95.7 cm³/mol. The number of carbonyl (C=O) groups excluding carboxylic acids is 2. The largest absolute Gasteiger partial charge is 0.319 e. The number of hydrogen-bond acceptors (Lipinski definition) is 6. The van der Waals surface area contributed by atoms with Gasteiger partial charge in [0, 0.05) is 11.1 Å². The molecule has 7 nitrogen and oxygen atoms in total. The molecule has 0 aliphatic carbocycles. The van der Waals surface area contributed by atoms with E-state index in [1.165, 1.54) is 6.07 Å². The van der Waals surface area contributed by atoms with Crippen molar-refractivity contribution >= 4 is 23.2 Å². The van der Waals surface area contributed by atoms with E-state index in [4.69, 9.17) is 22.1 Å². The average molecular weight is 443 g/mol. The van der Waals surface area contributed by atoms with Gasteiger partial charge < -0.3 is 4.98 Å². The number of nitriles is 2. The first-order chi connectivity index (χ1) is 13.9. The van der Waals surface area contributed by atoms with Crippen LogP contribution in [0.4, 0.5) is 17.6 Å². The predicted octanol–water partition coefficient (Wildman–Crippen LogP) is 4.13. The number of alkyl halides is 4. The fourth-order valence-corrected chi connectivity index (χ4v) is 2.31. The van der Waals surface area contributed by atoms with Gasteiger partial charge in [0.25, 0.3) is 18.4 Å². The average Bonchev–Trinajstić information content (AvgIpc) is 2.67. The van der Waals surface area contributed by atoms with Crippen LogP contribution in [0.15, 0.2) is 16.9 Å². The van der Waals surface area contributed by atoms with Gasteiger partial charge in [0.1, 0.15) is 28.5 Å². The molecule has 2 aromatic rings. The third kappa shape index (κ3) is 5.72. The van der Waals surface area contributed by atoms with Gasteiger partial charge in [0.2, 0.25) is 0 Å². The van der Waals surface area contributed by atoms with Crippen LogP contribution in [-0.2, 0) is 0 Å². The number of pyridine rings is 2. The van der Waals surface area contributed by atoms with Crippen LogP contribution in [0.3, 0.4) is 0 Å². The van der Waals surface area contributed by atoms with E-state index < -0.39 is 41.4 Å². The molecule has 0 unspecified atom stereocenters. The van der Waals surface area contributed by atoms with E-state index in [1.54, 1.807) is 6.07 Å². The normalized spacial score (nSPS) is 10.1. The van der Waals surface area contributed by atoms with Crippen molar-refractivity contribution in [1.29, 1.82) is 10.5 Å². The Balaban J connectivity index is 0.000000300. The number of aromatic amines is 1. The molecule has 156 valence electrons. The monoisotopic (exact) mass is 442 g/mol. The van der Waals surface area contributed by atoms with Gasteiger partial charge in [-0.15, -0.1) is 0 Å². The molecule has 0 fully saturated rings. The molecule has 0 bridgehead atoms. The number of hydrogen-bond donors (Lipinski definition) is 1. The molecule has 0 saturated carbocycles. The Labute approximate surface area is 171 Å². The summed E-state index contributed by atoms with van der Waals surface area (Å²) in [7, 11) is 0. The highest BCUT2D eigenvalue weighted by Gasteiger charge is 2.21. The van der Waals surface area contributed by atoms with Gasteiger partial charge in [-0.25, -0.2) is 22.5 Å². The molecule has 2 rings (SSSR count). The van der Waals surface area contributed by atoms with E-state index in [1.807, 2.05) is 4.98 Å². The van der Waals surface area contributed by atoms with E-state index in [2.05, 4.69) is 4.98 Å². The Morgan fingerprint density at radius 3 is 1.90 bits per heavy atom. The van der Waals surface area contributed by atoms with Crippen molar-refractivity contribution in [1.82, 2.24) is 9.97 Å². The molecule has 0 spiro atoms. The molecule has 0 saturated heterocycles. The van der Waals surface area contributed by atoms with Crippen LogP contribution in [0.5, 0.6) is 0 Å². The molecule has 30 heavy (non-hydrogen) atoms. The smallest absolute Gasteiger partial charge is 0.281 e. The minimum absolute atomic E-state index is 0.0914. The molecule has 0 aliphatic heterocycles. The van der Waals surface area contributed by atoms with Crippen LogP contribution < -0.4 is 5.56 Å². The Morgan fingerprint density at radius 1 is 1.00 bits per heavy atom. The SMILES string of the molecule is CC(=O)c1cc(C#N)c(=O)[nH]c1C(F)F.CC(=O)c1cc(C#N)c(Cl)nc1C(F)F. The summed E-state index contributed by atoms with van der Waals surface area (Å²) in [5.41, 5.74) is -3.40. The zero-order chi connectivity index (χ0) is 23.2. The van der Waals surface area contributed by atoms with Crippen molar-refractivity contribution < 1.29 is 27.2 Å².